The number of rotatable bonds is 9. The Bertz CT molecular complexity index is 927. The molecule has 1 aliphatic rings. The number of hydrogen-bond acceptors (Lipinski definition) is 6. The molecule has 0 N–H and O–H groups in total. The predicted octanol–water partition coefficient (Wildman–Crippen LogP) is 3.64. The average Bonchev–Trinajstić information content (AvgIpc) is 2.78. The van der Waals surface area contributed by atoms with Crippen LogP contribution in [0.5, 0.6) is 28.7 Å². The highest BCUT2D eigenvalue weighted by Crippen LogP contribution is 2.40. The number of carbonyl (C=O) groups is 1. The van der Waals surface area contributed by atoms with Crippen LogP contribution in [0.4, 0.5) is 0 Å². The largest absolute Gasteiger partial charge is 0.493 e. The van der Waals surface area contributed by atoms with Crippen LogP contribution in [0.15, 0.2) is 24.3 Å². The molecule has 0 aliphatic carbocycles. The summed E-state index contributed by atoms with van der Waals surface area (Å²) in [6, 6.07) is 7.68. The molecule has 7 heteroatoms. The maximum atomic E-state index is 13.1. The van der Waals surface area contributed by atoms with Crippen LogP contribution < -0.4 is 23.7 Å². The van der Waals surface area contributed by atoms with Gasteiger partial charge in [0.25, 0.3) is 0 Å². The zero-order valence-corrected chi connectivity index (χ0v) is 18.9. The Morgan fingerprint density at radius 2 is 1.52 bits per heavy atom. The van der Waals surface area contributed by atoms with Gasteiger partial charge in [-0.15, -0.1) is 0 Å². The van der Waals surface area contributed by atoms with Crippen LogP contribution >= 0.6 is 0 Å². The van der Waals surface area contributed by atoms with E-state index in [4.69, 9.17) is 23.7 Å². The number of ether oxygens (including phenoxy) is 5. The van der Waals surface area contributed by atoms with Crippen molar-refractivity contribution in [2.24, 2.45) is 0 Å². The Labute approximate surface area is 183 Å². The second kappa shape index (κ2) is 10.3. The molecule has 0 bridgehead atoms. The third-order valence-electron chi connectivity index (χ3n) is 5.36. The normalized spacial score (nSPS) is 12.7. The molecule has 31 heavy (non-hydrogen) atoms. The van der Waals surface area contributed by atoms with Crippen LogP contribution in [0, 0.1) is 0 Å². The maximum Gasteiger partial charge on any atom is 0.227 e. The number of carbonyl (C=O) groups excluding carboxylic acids is 1. The quantitative estimate of drug-likeness (QED) is 0.606. The third-order valence-corrected chi connectivity index (χ3v) is 5.36. The lowest BCUT2D eigenvalue weighted by Crippen LogP contribution is -2.37. The highest BCUT2D eigenvalue weighted by atomic mass is 16.5. The molecule has 0 saturated heterocycles. The van der Waals surface area contributed by atoms with Crippen LogP contribution in [0.3, 0.4) is 0 Å². The van der Waals surface area contributed by atoms with Crippen molar-refractivity contribution in [3.63, 3.8) is 0 Å². The Hall–Kier alpha value is -3.09. The molecule has 0 radical (unpaired) electrons. The van der Waals surface area contributed by atoms with Gasteiger partial charge in [-0.3, -0.25) is 4.79 Å². The van der Waals surface area contributed by atoms with Crippen LogP contribution in [-0.4, -0.2) is 51.9 Å². The van der Waals surface area contributed by atoms with Gasteiger partial charge in [0.05, 0.1) is 41.0 Å². The SMILES string of the molecule is CCOc1cc2c(cc1OCC)CN(C(=O)Cc1ccc(OC)c(OC)c1OC)CC2. The molecular formula is C24H31NO6. The molecule has 3 rings (SSSR count). The first-order valence-corrected chi connectivity index (χ1v) is 10.5. The standard InChI is InChI=1S/C24H31NO6/c1-6-30-20-12-16-10-11-25(15-18(16)13-21(20)31-7-2)22(26)14-17-8-9-19(27-3)24(29-5)23(17)28-4/h8-9,12-13H,6-7,10-11,14-15H2,1-5H3. The summed E-state index contributed by atoms with van der Waals surface area (Å²) in [7, 11) is 4.69. The highest BCUT2D eigenvalue weighted by molar-refractivity contribution is 5.80. The van der Waals surface area contributed by atoms with E-state index in [2.05, 4.69) is 0 Å². The number of nitrogens with zero attached hydrogens (tertiary/aromatic N) is 1. The van der Waals surface area contributed by atoms with E-state index < -0.39 is 0 Å². The van der Waals surface area contributed by atoms with Crippen molar-refractivity contribution in [2.45, 2.75) is 33.2 Å². The first-order valence-electron chi connectivity index (χ1n) is 10.5. The highest BCUT2D eigenvalue weighted by Gasteiger charge is 2.25. The van der Waals surface area contributed by atoms with Crippen LogP contribution in [-0.2, 0) is 24.2 Å². The lowest BCUT2D eigenvalue weighted by molar-refractivity contribution is -0.131. The van der Waals surface area contributed by atoms with Crippen molar-refractivity contribution in [1.29, 1.82) is 0 Å². The fourth-order valence-corrected chi connectivity index (χ4v) is 3.89. The summed E-state index contributed by atoms with van der Waals surface area (Å²) in [5.74, 6) is 3.09. The van der Waals surface area contributed by atoms with E-state index in [9.17, 15) is 4.79 Å². The summed E-state index contributed by atoms with van der Waals surface area (Å²) in [6.45, 7) is 6.23. The number of amides is 1. The van der Waals surface area contributed by atoms with E-state index in [1.807, 2.05) is 36.9 Å². The Balaban J connectivity index is 1.80. The van der Waals surface area contributed by atoms with Gasteiger partial charge in [0.1, 0.15) is 0 Å². The van der Waals surface area contributed by atoms with Crippen molar-refractivity contribution >= 4 is 5.91 Å². The topological polar surface area (TPSA) is 66.5 Å². The molecule has 0 fully saturated rings. The number of methoxy groups -OCH3 is 3. The lowest BCUT2D eigenvalue weighted by Gasteiger charge is -2.30. The zero-order valence-electron chi connectivity index (χ0n) is 18.9. The molecule has 168 valence electrons. The Kier molecular flexibility index (Phi) is 7.50. The van der Waals surface area contributed by atoms with Crippen molar-refractivity contribution < 1.29 is 28.5 Å². The summed E-state index contributed by atoms with van der Waals surface area (Å²) >= 11 is 0. The third kappa shape index (κ3) is 4.81. The summed E-state index contributed by atoms with van der Waals surface area (Å²) < 4.78 is 27.8. The smallest absolute Gasteiger partial charge is 0.227 e. The van der Waals surface area contributed by atoms with Gasteiger partial charge < -0.3 is 28.6 Å². The molecule has 1 amide bonds. The van der Waals surface area contributed by atoms with Crippen molar-refractivity contribution in [2.75, 3.05) is 41.1 Å². The van der Waals surface area contributed by atoms with E-state index in [0.29, 0.717) is 43.6 Å². The Morgan fingerprint density at radius 3 is 2.10 bits per heavy atom. The van der Waals surface area contributed by atoms with Gasteiger partial charge in [0, 0.05) is 18.7 Å². The van der Waals surface area contributed by atoms with Gasteiger partial charge in [0.15, 0.2) is 23.0 Å². The zero-order chi connectivity index (χ0) is 22.4. The van der Waals surface area contributed by atoms with Crippen LogP contribution in [0.1, 0.15) is 30.5 Å². The number of fused-ring (bicyclic) bond motifs is 1. The van der Waals surface area contributed by atoms with E-state index in [1.54, 1.807) is 27.4 Å². The fraction of sp³-hybridized carbons (Fsp3) is 0.458. The second-order valence-electron chi connectivity index (χ2n) is 7.17. The molecule has 0 aromatic heterocycles. The van der Waals surface area contributed by atoms with Crippen LogP contribution in [0.2, 0.25) is 0 Å². The van der Waals surface area contributed by atoms with E-state index >= 15 is 0 Å². The molecular weight excluding hydrogens is 398 g/mol. The van der Waals surface area contributed by atoms with Crippen LogP contribution in [0.25, 0.3) is 0 Å². The summed E-state index contributed by atoms with van der Waals surface area (Å²) in [4.78, 5) is 15.0. The molecule has 7 nitrogen and oxygen atoms in total. The lowest BCUT2D eigenvalue weighted by atomic mass is 9.98. The summed E-state index contributed by atoms with van der Waals surface area (Å²) in [5, 5.41) is 0. The Morgan fingerprint density at radius 1 is 0.871 bits per heavy atom. The fourth-order valence-electron chi connectivity index (χ4n) is 3.89. The predicted molar refractivity (Wildman–Crippen MR) is 118 cm³/mol. The van der Waals surface area contributed by atoms with Crippen molar-refractivity contribution in [1.82, 2.24) is 4.90 Å². The average molecular weight is 430 g/mol. The van der Waals surface area contributed by atoms with Crippen molar-refractivity contribution in [3.8, 4) is 28.7 Å². The summed E-state index contributed by atoms with van der Waals surface area (Å²) in [6.07, 6.45) is 0.991. The number of benzene rings is 2. The minimum atomic E-state index is 0.0306. The summed E-state index contributed by atoms with van der Waals surface area (Å²) in [5.41, 5.74) is 3.04. The first-order chi connectivity index (χ1) is 15.1. The van der Waals surface area contributed by atoms with Gasteiger partial charge in [-0.05, 0) is 49.6 Å². The molecule has 1 aliphatic heterocycles. The van der Waals surface area contributed by atoms with Gasteiger partial charge in [-0.1, -0.05) is 6.07 Å². The van der Waals surface area contributed by atoms with Gasteiger partial charge in [-0.2, -0.15) is 0 Å². The molecule has 2 aromatic rings. The second-order valence-corrected chi connectivity index (χ2v) is 7.17. The number of hydrogen-bond donors (Lipinski definition) is 0. The molecule has 1 heterocycles. The van der Waals surface area contributed by atoms with Gasteiger partial charge in [-0.25, -0.2) is 0 Å². The molecule has 0 unspecified atom stereocenters. The molecule has 2 aromatic carbocycles. The van der Waals surface area contributed by atoms with E-state index in [-0.39, 0.29) is 12.3 Å². The van der Waals surface area contributed by atoms with Gasteiger partial charge >= 0.3 is 0 Å². The van der Waals surface area contributed by atoms with Crippen molar-refractivity contribution in [3.05, 3.63) is 41.0 Å². The monoisotopic (exact) mass is 429 g/mol. The van der Waals surface area contributed by atoms with Gasteiger partial charge in [0.2, 0.25) is 11.7 Å². The van der Waals surface area contributed by atoms with E-state index in [0.717, 1.165) is 29.0 Å². The molecule has 0 saturated carbocycles. The van der Waals surface area contributed by atoms with E-state index in [1.165, 1.54) is 5.56 Å². The molecule has 0 atom stereocenters. The minimum Gasteiger partial charge on any atom is -0.493 e. The maximum absolute atomic E-state index is 13.1. The minimum absolute atomic E-state index is 0.0306. The first kappa shape index (κ1) is 22.6. The molecule has 0 spiro atoms.